The number of rotatable bonds is 5. The predicted octanol–water partition coefficient (Wildman–Crippen LogP) is 3.99. The Hall–Kier alpha value is -2.29. The van der Waals surface area contributed by atoms with E-state index < -0.39 is 12.1 Å². The van der Waals surface area contributed by atoms with E-state index in [1.165, 1.54) is 5.56 Å². The van der Waals surface area contributed by atoms with Crippen LogP contribution in [-0.4, -0.2) is 17.2 Å². The van der Waals surface area contributed by atoms with Crippen LogP contribution in [0.5, 0.6) is 5.75 Å². The highest BCUT2D eigenvalue weighted by Gasteiger charge is 2.22. The molecule has 0 aliphatic carbocycles. The van der Waals surface area contributed by atoms with Crippen molar-refractivity contribution in [2.24, 2.45) is 0 Å². The number of aliphatic carboxylic acids is 1. The lowest BCUT2D eigenvalue weighted by Crippen LogP contribution is -2.30. The standard InChI is InChI=1S/C19H22O3/c1-12-6-5-7-16(10-12)22-18(19(20)21)11-17-14(3)8-13(2)9-15(17)4/h5-10,18H,11H2,1-4H3,(H,20,21)/t18-/m1/s1. The van der Waals surface area contributed by atoms with Gasteiger partial charge in [-0.25, -0.2) is 4.79 Å². The molecule has 0 aromatic heterocycles. The lowest BCUT2D eigenvalue weighted by Gasteiger charge is -2.18. The first kappa shape index (κ1) is 16.1. The van der Waals surface area contributed by atoms with Gasteiger partial charge >= 0.3 is 5.97 Å². The topological polar surface area (TPSA) is 46.5 Å². The molecule has 1 N–H and O–H groups in total. The summed E-state index contributed by atoms with van der Waals surface area (Å²) < 4.78 is 5.70. The molecule has 1 atom stereocenters. The third-order valence-corrected chi connectivity index (χ3v) is 3.77. The maximum atomic E-state index is 11.6. The van der Waals surface area contributed by atoms with Gasteiger partial charge in [-0.05, 0) is 62.1 Å². The highest BCUT2D eigenvalue weighted by Crippen LogP contribution is 2.21. The van der Waals surface area contributed by atoms with Gasteiger partial charge in [-0.3, -0.25) is 0 Å². The molecule has 0 bridgehead atoms. The van der Waals surface area contributed by atoms with Crippen LogP contribution >= 0.6 is 0 Å². The van der Waals surface area contributed by atoms with Gasteiger partial charge in [0.15, 0.2) is 6.10 Å². The normalized spacial score (nSPS) is 12.0. The van der Waals surface area contributed by atoms with Crippen LogP contribution < -0.4 is 4.74 Å². The Morgan fingerprint density at radius 1 is 1.05 bits per heavy atom. The number of carboxylic acid groups (broad SMARTS) is 1. The maximum absolute atomic E-state index is 11.6. The number of carbonyl (C=O) groups is 1. The third-order valence-electron chi connectivity index (χ3n) is 3.77. The van der Waals surface area contributed by atoms with E-state index in [9.17, 15) is 9.90 Å². The number of hydrogen-bond acceptors (Lipinski definition) is 2. The third kappa shape index (κ3) is 3.88. The second-order valence-corrected chi connectivity index (χ2v) is 5.84. The number of ether oxygens (including phenoxy) is 1. The Morgan fingerprint density at radius 3 is 2.23 bits per heavy atom. The first-order chi connectivity index (χ1) is 10.4. The van der Waals surface area contributed by atoms with Crippen LogP contribution in [0, 0.1) is 27.7 Å². The Bertz CT molecular complexity index is 666. The summed E-state index contributed by atoms with van der Waals surface area (Å²) in [6, 6.07) is 11.6. The highest BCUT2D eigenvalue weighted by atomic mass is 16.5. The molecule has 0 spiro atoms. The average molecular weight is 298 g/mol. The zero-order valence-electron chi connectivity index (χ0n) is 13.5. The van der Waals surface area contributed by atoms with Crippen LogP contribution in [0.25, 0.3) is 0 Å². The Morgan fingerprint density at radius 2 is 1.68 bits per heavy atom. The molecule has 0 saturated heterocycles. The first-order valence-electron chi connectivity index (χ1n) is 7.39. The van der Waals surface area contributed by atoms with Crippen molar-refractivity contribution in [3.05, 3.63) is 64.2 Å². The van der Waals surface area contributed by atoms with Crippen LogP contribution in [0.2, 0.25) is 0 Å². The molecule has 3 nitrogen and oxygen atoms in total. The van der Waals surface area contributed by atoms with Crippen LogP contribution in [0.3, 0.4) is 0 Å². The Labute approximate surface area is 131 Å². The van der Waals surface area contributed by atoms with E-state index in [1.807, 2.05) is 45.9 Å². The van der Waals surface area contributed by atoms with Crippen LogP contribution in [0.15, 0.2) is 36.4 Å². The lowest BCUT2D eigenvalue weighted by molar-refractivity contribution is -0.145. The van der Waals surface area contributed by atoms with Crippen molar-refractivity contribution in [3.8, 4) is 5.75 Å². The second-order valence-electron chi connectivity index (χ2n) is 5.84. The highest BCUT2D eigenvalue weighted by molar-refractivity contribution is 5.73. The van der Waals surface area contributed by atoms with Gasteiger partial charge in [-0.2, -0.15) is 0 Å². The number of carboxylic acids is 1. The molecule has 0 heterocycles. The smallest absolute Gasteiger partial charge is 0.345 e. The van der Waals surface area contributed by atoms with E-state index in [2.05, 4.69) is 12.1 Å². The van der Waals surface area contributed by atoms with E-state index in [0.29, 0.717) is 12.2 Å². The van der Waals surface area contributed by atoms with E-state index in [0.717, 1.165) is 22.3 Å². The van der Waals surface area contributed by atoms with Crippen molar-refractivity contribution in [2.75, 3.05) is 0 Å². The van der Waals surface area contributed by atoms with E-state index in [1.54, 1.807) is 6.07 Å². The zero-order valence-corrected chi connectivity index (χ0v) is 13.5. The molecule has 0 aliphatic heterocycles. The van der Waals surface area contributed by atoms with E-state index >= 15 is 0 Å². The summed E-state index contributed by atoms with van der Waals surface area (Å²) in [5.74, 6) is -0.351. The summed E-state index contributed by atoms with van der Waals surface area (Å²) in [5, 5.41) is 9.48. The number of benzene rings is 2. The molecule has 0 aliphatic rings. The van der Waals surface area contributed by atoms with Crippen molar-refractivity contribution in [2.45, 2.75) is 40.2 Å². The summed E-state index contributed by atoms with van der Waals surface area (Å²) in [6.07, 6.45) is -0.525. The van der Waals surface area contributed by atoms with Crippen molar-refractivity contribution < 1.29 is 14.6 Å². The zero-order chi connectivity index (χ0) is 16.3. The quantitative estimate of drug-likeness (QED) is 0.907. The molecule has 2 aromatic carbocycles. The maximum Gasteiger partial charge on any atom is 0.345 e. The molecular weight excluding hydrogens is 276 g/mol. The van der Waals surface area contributed by atoms with Gasteiger partial charge < -0.3 is 9.84 Å². The molecule has 3 heteroatoms. The number of hydrogen-bond donors (Lipinski definition) is 1. The largest absolute Gasteiger partial charge is 0.478 e. The minimum Gasteiger partial charge on any atom is -0.478 e. The van der Waals surface area contributed by atoms with Crippen LogP contribution in [-0.2, 0) is 11.2 Å². The second kappa shape index (κ2) is 6.65. The minimum atomic E-state index is -0.944. The molecule has 0 fully saturated rings. The van der Waals surface area contributed by atoms with Gasteiger partial charge in [-0.15, -0.1) is 0 Å². The summed E-state index contributed by atoms with van der Waals surface area (Å²) in [6.45, 7) is 8.03. The van der Waals surface area contributed by atoms with Crippen molar-refractivity contribution in [1.29, 1.82) is 0 Å². The van der Waals surface area contributed by atoms with Gasteiger partial charge in [0.2, 0.25) is 0 Å². The molecule has 0 amide bonds. The summed E-state index contributed by atoms with van der Waals surface area (Å²) >= 11 is 0. The minimum absolute atomic E-state index is 0.362. The first-order valence-corrected chi connectivity index (χ1v) is 7.39. The van der Waals surface area contributed by atoms with Crippen molar-refractivity contribution in [1.82, 2.24) is 0 Å². The van der Waals surface area contributed by atoms with Crippen molar-refractivity contribution >= 4 is 5.97 Å². The summed E-state index contributed by atoms with van der Waals surface area (Å²) in [4.78, 5) is 11.6. The van der Waals surface area contributed by atoms with Gasteiger partial charge in [0.1, 0.15) is 5.75 Å². The molecule has 0 radical (unpaired) electrons. The Balaban J connectivity index is 2.25. The van der Waals surface area contributed by atoms with Gasteiger partial charge in [0.25, 0.3) is 0 Å². The molecule has 2 rings (SSSR count). The fraction of sp³-hybridized carbons (Fsp3) is 0.316. The molecular formula is C19H22O3. The molecule has 0 saturated carbocycles. The molecule has 2 aromatic rings. The van der Waals surface area contributed by atoms with Gasteiger partial charge in [-0.1, -0.05) is 29.8 Å². The molecule has 22 heavy (non-hydrogen) atoms. The Kier molecular flexibility index (Phi) is 4.86. The predicted molar refractivity (Wildman–Crippen MR) is 87.6 cm³/mol. The average Bonchev–Trinajstić information content (AvgIpc) is 2.41. The van der Waals surface area contributed by atoms with Gasteiger partial charge in [0.05, 0.1) is 0 Å². The van der Waals surface area contributed by atoms with Gasteiger partial charge in [0, 0.05) is 6.42 Å². The fourth-order valence-electron chi connectivity index (χ4n) is 2.75. The number of aryl methyl sites for hydroxylation is 4. The monoisotopic (exact) mass is 298 g/mol. The summed E-state index contributed by atoms with van der Waals surface area (Å²) in [5.41, 5.74) is 5.49. The van der Waals surface area contributed by atoms with Crippen molar-refractivity contribution in [3.63, 3.8) is 0 Å². The summed E-state index contributed by atoms with van der Waals surface area (Å²) in [7, 11) is 0. The van der Waals surface area contributed by atoms with Crippen LogP contribution in [0.4, 0.5) is 0 Å². The van der Waals surface area contributed by atoms with E-state index in [-0.39, 0.29) is 0 Å². The lowest BCUT2D eigenvalue weighted by atomic mass is 9.95. The fourth-order valence-corrected chi connectivity index (χ4v) is 2.75. The van der Waals surface area contributed by atoms with Crippen LogP contribution in [0.1, 0.15) is 27.8 Å². The molecule has 116 valence electrons. The SMILES string of the molecule is Cc1cccc(O[C@H](Cc2c(C)cc(C)cc2C)C(=O)O)c1. The molecule has 0 unspecified atom stereocenters. The van der Waals surface area contributed by atoms with E-state index in [4.69, 9.17) is 4.74 Å².